The maximum absolute atomic E-state index is 15.0. The molecule has 0 atom stereocenters. The van der Waals surface area contributed by atoms with E-state index in [1.165, 1.54) is 19.4 Å². The topological polar surface area (TPSA) is 86.2 Å². The maximum Gasteiger partial charge on any atom is 0.422 e. The normalized spacial score (nSPS) is 11.3. The number of nitrogens with one attached hydrogen (secondary N) is 1. The molecular formula is C19H16F4N4O3S. The summed E-state index contributed by atoms with van der Waals surface area (Å²) < 4.78 is 61.5. The minimum Gasteiger partial charge on any atom is -0.496 e. The zero-order valence-electron chi connectivity index (χ0n) is 16.5. The van der Waals surface area contributed by atoms with E-state index >= 15 is 0 Å². The number of rotatable bonds is 6. The number of hydrogen-bond acceptors (Lipinski definition) is 7. The van der Waals surface area contributed by atoms with Crippen molar-refractivity contribution in [3.63, 3.8) is 0 Å². The molecule has 12 heteroatoms. The number of nitrogens with zero attached hydrogens (tertiary/aromatic N) is 3. The molecule has 2 heterocycles. The molecule has 31 heavy (non-hydrogen) atoms. The lowest BCUT2D eigenvalue weighted by atomic mass is 9.97. The molecule has 3 aromatic rings. The third-order valence-corrected chi connectivity index (χ3v) is 4.81. The predicted molar refractivity (Wildman–Crippen MR) is 105 cm³/mol. The quantitative estimate of drug-likeness (QED) is 0.548. The van der Waals surface area contributed by atoms with E-state index in [2.05, 4.69) is 25.2 Å². The van der Waals surface area contributed by atoms with E-state index in [9.17, 15) is 22.4 Å². The van der Waals surface area contributed by atoms with Gasteiger partial charge in [-0.1, -0.05) is 11.2 Å². The highest BCUT2D eigenvalue weighted by Gasteiger charge is 2.29. The Balaban J connectivity index is 1.93. The van der Waals surface area contributed by atoms with Crippen LogP contribution in [0.5, 0.6) is 10.9 Å². The van der Waals surface area contributed by atoms with Crippen LogP contribution < -0.4 is 14.8 Å². The summed E-state index contributed by atoms with van der Waals surface area (Å²) in [5.74, 6) is -1.04. The lowest BCUT2D eigenvalue weighted by molar-refractivity contribution is -0.153. The zero-order chi connectivity index (χ0) is 22.8. The zero-order valence-corrected chi connectivity index (χ0v) is 17.3. The summed E-state index contributed by atoms with van der Waals surface area (Å²) in [4.78, 5) is 16.9. The van der Waals surface area contributed by atoms with Crippen LogP contribution in [0.15, 0.2) is 24.4 Å². The van der Waals surface area contributed by atoms with Crippen molar-refractivity contribution in [2.75, 3.05) is 19.0 Å². The molecule has 1 amide bonds. The molecule has 2 aromatic heterocycles. The van der Waals surface area contributed by atoms with Gasteiger partial charge in [0.1, 0.15) is 11.6 Å². The van der Waals surface area contributed by atoms with Crippen LogP contribution in [0.2, 0.25) is 0 Å². The van der Waals surface area contributed by atoms with Gasteiger partial charge in [-0.25, -0.2) is 4.39 Å². The number of methoxy groups -OCH3 is 1. The number of hydrogen-bond donors (Lipinski definition) is 1. The largest absolute Gasteiger partial charge is 0.496 e. The van der Waals surface area contributed by atoms with E-state index in [0.717, 1.165) is 0 Å². The van der Waals surface area contributed by atoms with Crippen LogP contribution in [0.25, 0.3) is 11.1 Å². The number of ether oxygens (including phenoxy) is 2. The van der Waals surface area contributed by atoms with Gasteiger partial charge in [-0.05, 0) is 42.9 Å². The number of amides is 1. The number of pyridine rings is 1. The van der Waals surface area contributed by atoms with E-state index < -0.39 is 24.5 Å². The molecule has 3 rings (SSSR count). The molecule has 0 aliphatic heterocycles. The second-order valence-electron chi connectivity index (χ2n) is 6.38. The second kappa shape index (κ2) is 8.84. The van der Waals surface area contributed by atoms with E-state index in [1.807, 2.05) is 0 Å². The SMILES string of the molecule is COc1ccc(C)c(F)c1-c1cc(C)ncc1C(=O)Nc1nnc(OCC(F)(F)F)s1. The molecule has 1 N–H and O–H groups in total. The first kappa shape index (κ1) is 22.4. The summed E-state index contributed by atoms with van der Waals surface area (Å²) >= 11 is 0.619. The van der Waals surface area contributed by atoms with Crippen molar-refractivity contribution in [1.29, 1.82) is 0 Å². The molecular weight excluding hydrogens is 440 g/mol. The Morgan fingerprint density at radius 1 is 1.23 bits per heavy atom. The van der Waals surface area contributed by atoms with E-state index in [0.29, 0.717) is 22.6 Å². The molecule has 0 saturated carbocycles. The van der Waals surface area contributed by atoms with Crippen molar-refractivity contribution < 1.29 is 31.8 Å². The summed E-state index contributed by atoms with van der Waals surface area (Å²) in [6.07, 6.45) is -3.27. The van der Waals surface area contributed by atoms with Crippen molar-refractivity contribution in [3.05, 3.63) is 47.0 Å². The summed E-state index contributed by atoms with van der Waals surface area (Å²) in [6.45, 7) is 1.73. The molecule has 0 bridgehead atoms. The van der Waals surface area contributed by atoms with Gasteiger partial charge in [0.15, 0.2) is 6.61 Å². The lowest BCUT2D eigenvalue weighted by Gasteiger charge is -2.15. The average Bonchev–Trinajstić information content (AvgIpc) is 3.15. The minimum atomic E-state index is -4.53. The Labute approximate surface area is 178 Å². The van der Waals surface area contributed by atoms with Crippen LogP contribution >= 0.6 is 11.3 Å². The highest BCUT2D eigenvalue weighted by Crippen LogP contribution is 2.37. The molecule has 0 aliphatic rings. The molecule has 0 aliphatic carbocycles. The average molecular weight is 456 g/mol. The Morgan fingerprint density at radius 3 is 2.65 bits per heavy atom. The monoisotopic (exact) mass is 456 g/mol. The van der Waals surface area contributed by atoms with Crippen molar-refractivity contribution in [1.82, 2.24) is 15.2 Å². The Bertz CT molecular complexity index is 1120. The van der Waals surface area contributed by atoms with Gasteiger partial charge < -0.3 is 9.47 Å². The number of carbonyl (C=O) groups is 1. The predicted octanol–water partition coefficient (Wildman–Crippen LogP) is 4.56. The third-order valence-electron chi connectivity index (χ3n) is 4.06. The number of anilines is 1. The van der Waals surface area contributed by atoms with Crippen molar-refractivity contribution in [3.8, 4) is 22.1 Å². The number of halogens is 4. The van der Waals surface area contributed by atoms with Crippen molar-refractivity contribution in [2.24, 2.45) is 0 Å². The van der Waals surface area contributed by atoms with Crippen molar-refractivity contribution in [2.45, 2.75) is 20.0 Å². The van der Waals surface area contributed by atoms with Gasteiger partial charge in [0.2, 0.25) is 5.13 Å². The molecule has 7 nitrogen and oxygen atoms in total. The fraction of sp³-hybridized carbons (Fsp3) is 0.263. The van der Waals surface area contributed by atoms with Gasteiger partial charge >= 0.3 is 6.18 Å². The Morgan fingerprint density at radius 2 is 1.97 bits per heavy atom. The first-order valence-corrected chi connectivity index (χ1v) is 9.55. The number of alkyl halides is 3. The van der Waals surface area contributed by atoms with Crippen LogP contribution in [-0.2, 0) is 0 Å². The number of benzene rings is 1. The highest BCUT2D eigenvalue weighted by atomic mass is 32.1. The standard InChI is InChI=1S/C19H16F4N4O3S/c1-9-4-5-13(29-3)14(15(9)20)11-6-10(2)24-7-12(11)16(28)25-17-26-27-18(31-17)30-8-19(21,22)23/h4-7H,8H2,1-3H3,(H,25,26,28). The number of carbonyl (C=O) groups excluding carboxylic acids is 1. The molecule has 0 unspecified atom stereocenters. The first-order chi connectivity index (χ1) is 14.6. The minimum absolute atomic E-state index is 0.0151. The van der Waals surface area contributed by atoms with Crippen LogP contribution in [0.1, 0.15) is 21.6 Å². The molecule has 0 spiro atoms. The smallest absolute Gasteiger partial charge is 0.422 e. The van der Waals surface area contributed by atoms with Crippen LogP contribution in [0.3, 0.4) is 0 Å². The Hall–Kier alpha value is -3.28. The molecule has 0 saturated heterocycles. The third kappa shape index (κ3) is 5.26. The fourth-order valence-electron chi connectivity index (χ4n) is 2.66. The summed E-state index contributed by atoms with van der Waals surface area (Å²) in [5, 5.41) is 9.01. The van der Waals surface area contributed by atoms with E-state index in [1.54, 1.807) is 26.0 Å². The van der Waals surface area contributed by atoms with Gasteiger partial charge in [0.25, 0.3) is 11.1 Å². The molecule has 164 valence electrons. The maximum atomic E-state index is 15.0. The Kier molecular flexibility index (Phi) is 6.39. The van der Waals surface area contributed by atoms with Gasteiger partial charge in [0, 0.05) is 17.5 Å². The number of aryl methyl sites for hydroxylation is 2. The van der Waals surface area contributed by atoms with E-state index in [4.69, 9.17) is 4.74 Å². The van der Waals surface area contributed by atoms with Crippen LogP contribution in [-0.4, -0.2) is 41.0 Å². The number of aromatic nitrogens is 3. The summed E-state index contributed by atoms with van der Waals surface area (Å²) in [5.41, 5.74) is 1.23. The fourth-order valence-corrected chi connectivity index (χ4v) is 3.25. The van der Waals surface area contributed by atoms with Crippen LogP contribution in [0, 0.1) is 19.7 Å². The molecule has 0 radical (unpaired) electrons. The molecule has 0 fully saturated rings. The first-order valence-electron chi connectivity index (χ1n) is 8.73. The van der Waals surface area contributed by atoms with E-state index in [-0.39, 0.29) is 32.8 Å². The summed E-state index contributed by atoms with van der Waals surface area (Å²) in [7, 11) is 1.38. The lowest BCUT2D eigenvalue weighted by Crippen LogP contribution is -2.19. The van der Waals surface area contributed by atoms with Gasteiger partial charge in [-0.15, -0.1) is 5.10 Å². The van der Waals surface area contributed by atoms with Gasteiger partial charge in [-0.2, -0.15) is 13.2 Å². The summed E-state index contributed by atoms with van der Waals surface area (Å²) in [6, 6.07) is 4.67. The van der Waals surface area contributed by atoms with Gasteiger partial charge in [-0.3, -0.25) is 15.1 Å². The van der Waals surface area contributed by atoms with Crippen LogP contribution in [0.4, 0.5) is 22.7 Å². The second-order valence-corrected chi connectivity index (χ2v) is 7.32. The van der Waals surface area contributed by atoms with Crippen molar-refractivity contribution >= 4 is 22.4 Å². The molecule has 1 aromatic carbocycles. The highest BCUT2D eigenvalue weighted by molar-refractivity contribution is 7.17. The van der Waals surface area contributed by atoms with Gasteiger partial charge in [0.05, 0.1) is 18.2 Å².